The van der Waals surface area contributed by atoms with Gasteiger partial charge in [0.05, 0.1) is 17.3 Å². The van der Waals surface area contributed by atoms with Crippen molar-refractivity contribution in [1.82, 2.24) is 4.98 Å². The van der Waals surface area contributed by atoms with E-state index in [1.807, 2.05) is 0 Å². The van der Waals surface area contributed by atoms with Gasteiger partial charge in [0, 0.05) is 17.2 Å². The molecule has 1 aliphatic carbocycles. The maximum Gasteiger partial charge on any atom is 0.0941 e. The van der Waals surface area contributed by atoms with Gasteiger partial charge in [0.15, 0.2) is 0 Å². The van der Waals surface area contributed by atoms with Crippen LogP contribution in [-0.2, 0) is 11.8 Å². The van der Waals surface area contributed by atoms with Crippen LogP contribution in [0, 0.1) is 0 Å². The summed E-state index contributed by atoms with van der Waals surface area (Å²) in [7, 11) is 0. The van der Waals surface area contributed by atoms with Crippen LogP contribution in [0.2, 0.25) is 0 Å². The lowest BCUT2D eigenvalue weighted by atomic mass is 10.1. The van der Waals surface area contributed by atoms with Gasteiger partial charge in [-0.2, -0.15) is 0 Å². The molecule has 4 heteroatoms. The molecular weight excluding hydrogens is 184 g/mol. The monoisotopic (exact) mass is 198 g/mol. The highest BCUT2D eigenvalue weighted by Gasteiger charge is 2.45. The molecule has 1 aromatic rings. The highest BCUT2D eigenvalue weighted by Crippen LogP contribution is 2.47. The number of nitrogens with two attached hydrogens (primary N) is 1. The molecule has 1 aromatic heterocycles. The van der Waals surface area contributed by atoms with E-state index in [9.17, 15) is 5.11 Å². The average Bonchev–Trinajstić information content (AvgIpc) is 2.82. The summed E-state index contributed by atoms with van der Waals surface area (Å²) in [6.07, 6.45) is 3.01. The van der Waals surface area contributed by atoms with Crippen LogP contribution in [0.3, 0.4) is 0 Å². The van der Waals surface area contributed by atoms with Gasteiger partial charge in [0.2, 0.25) is 0 Å². The summed E-state index contributed by atoms with van der Waals surface area (Å²) in [5, 5.41) is 12.3. The maximum atomic E-state index is 9.19. The third-order valence-electron chi connectivity index (χ3n) is 2.61. The van der Waals surface area contributed by atoms with E-state index in [0.717, 1.165) is 30.0 Å². The SMILES string of the molecule is NCCc1nc(C2(CO)CC2)cs1. The second-order valence-electron chi connectivity index (χ2n) is 3.60. The average molecular weight is 198 g/mol. The first-order valence-electron chi connectivity index (χ1n) is 4.56. The first-order valence-corrected chi connectivity index (χ1v) is 5.44. The lowest BCUT2D eigenvalue weighted by molar-refractivity contribution is 0.253. The third kappa shape index (κ3) is 1.61. The fourth-order valence-corrected chi connectivity index (χ4v) is 2.38. The van der Waals surface area contributed by atoms with Gasteiger partial charge in [-0.25, -0.2) is 4.98 Å². The summed E-state index contributed by atoms with van der Waals surface area (Å²) in [6, 6.07) is 0. The summed E-state index contributed by atoms with van der Waals surface area (Å²) >= 11 is 1.65. The summed E-state index contributed by atoms with van der Waals surface area (Å²) in [6.45, 7) is 0.887. The largest absolute Gasteiger partial charge is 0.395 e. The molecule has 1 fully saturated rings. The zero-order chi connectivity index (χ0) is 9.31. The molecule has 1 saturated carbocycles. The Kier molecular flexibility index (Phi) is 2.36. The second kappa shape index (κ2) is 3.36. The molecule has 0 aliphatic heterocycles. The molecule has 3 nitrogen and oxygen atoms in total. The molecule has 0 unspecified atom stereocenters. The van der Waals surface area contributed by atoms with E-state index in [-0.39, 0.29) is 12.0 Å². The van der Waals surface area contributed by atoms with Crippen LogP contribution in [0.5, 0.6) is 0 Å². The fourth-order valence-electron chi connectivity index (χ4n) is 1.44. The molecule has 72 valence electrons. The lowest BCUT2D eigenvalue weighted by Gasteiger charge is -2.06. The number of hydrogen-bond donors (Lipinski definition) is 2. The van der Waals surface area contributed by atoms with E-state index >= 15 is 0 Å². The smallest absolute Gasteiger partial charge is 0.0941 e. The molecule has 0 aromatic carbocycles. The van der Waals surface area contributed by atoms with Gasteiger partial charge in [-0.05, 0) is 19.4 Å². The van der Waals surface area contributed by atoms with E-state index in [0.29, 0.717) is 6.54 Å². The third-order valence-corrected chi connectivity index (χ3v) is 3.52. The summed E-state index contributed by atoms with van der Waals surface area (Å²) in [5.41, 5.74) is 6.53. The summed E-state index contributed by atoms with van der Waals surface area (Å²) in [4.78, 5) is 4.48. The predicted octanol–water partition coefficient (Wildman–Crippen LogP) is 0.668. The topological polar surface area (TPSA) is 59.1 Å². The quantitative estimate of drug-likeness (QED) is 0.747. The van der Waals surface area contributed by atoms with Gasteiger partial charge in [-0.3, -0.25) is 0 Å². The number of nitrogens with zero attached hydrogens (tertiary/aromatic N) is 1. The number of aliphatic hydroxyl groups is 1. The molecule has 0 bridgehead atoms. The molecule has 3 N–H and O–H groups in total. The number of rotatable bonds is 4. The van der Waals surface area contributed by atoms with Crippen LogP contribution in [-0.4, -0.2) is 23.2 Å². The van der Waals surface area contributed by atoms with E-state index in [2.05, 4.69) is 10.4 Å². The molecule has 0 atom stereocenters. The van der Waals surface area contributed by atoms with E-state index in [1.165, 1.54) is 0 Å². The maximum absolute atomic E-state index is 9.19. The summed E-state index contributed by atoms with van der Waals surface area (Å²) in [5.74, 6) is 0. The fraction of sp³-hybridized carbons (Fsp3) is 0.667. The highest BCUT2D eigenvalue weighted by molar-refractivity contribution is 7.09. The molecule has 13 heavy (non-hydrogen) atoms. The Bertz CT molecular complexity index is 294. The van der Waals surface area contributed by atoms with Crippen molar-refractivity contribution < 1.29 is 5.11 Å². The van der Waals surface area contributed by atoms with Crippen molar-refractivity contribution in [2.24, 2.45) is 5.73 Å². The van der Waals surface area contributed by atoms with Crippen LogP contribution in [0.15, 0.2) is 5.38 Å². The van der Waals surface area contributed by atoms with Gasteiger partial charge < -0.3 is 10.8 Å². The van der Waals surface area contributed by atoms with Crippen molar-refractivity contribution in [1.29, 1.82) is 0 Å². The van der Waals surface area contributed by atoms with E-state index in [1.54, 1.807) is 11.3 Å². The molecule has 0 saturated heterocycles. The molecule has 2 rings (SSSR count). The van der Waals surface area contributed by atoms with Crippen molar-refractivity contribution >= 4 is 11.3 Å². The van der Waals surface area contributed by atoms with Crippen LogP contribution in [0.1, 0.15) is 23.5 Å². The molecular formula is C9H14N2OS. The van der Waals surface area contributed by atoms with Crippen LogP contribution in [0.25, 0.3) is 0 Å². The molecule has 0 spiro atoms. The number of hydrogen-bond acceptors (Lipinski definition) is 4. The Balaban J connectivity index is 2.13. The van der Waals surface area contributed by atoms with Crippen molar-refractivity contribution in [2.75, 3.05) is 13.2 Å². The first-order chi connectivity index (χ1) is 6.30. The molecule has 1 heterocycles. The predicted molar refractivity (Wildman–Crippen MR) is 52.9 cm³/mol. The van der Waals surface area contributed by atoms with Crippen molar-refractivity contribution in [3.05, 3.63) is 16.1 Å². The minimum atomic E-state index is 0.0172. The molecule has 0 radical (unpaired) electrons. The van der Waals surface area contributed by atoms with Gasteiger partial charge in [0.1, 0.15) is 0 Å². The highest BCUT2D eigenvalue weighted by atomic mass is 32.1. The Hall–Kier alpha value is -0.450. The zero-order valence-corrected chi connectivity index (χ0v) is 8.31. The Morgan fingerprint density at radius 2 is 2.38 bits per heavy atom. The normalized spacial score (nSPS) is 18.9. The van der Waals surface area contributed by atoms with E-state index in [4.69, 9.17) is 5.73 Å². The van der Waals surface area contributed by atoms with Gasteiger partial charge in [-0.15, -0.1) is 11.3 Å². The molecule has 1 aliphatic rings. The number of aliphatic hydroxyl groups excluding tert-OH is 1. The minimum Gasteiger partial charge on any atom is -0.395 e. The van der Waals surface area contributed by atoms with Gasteiger partial charge >= 0.3 is 0 Å². The number of thiazole rings is 1. The van der Waals surface area contributed by atoms with Crippen LogP contribution < -0.4 is 5.73 Å². The standard InChI is InChI=1S/C9H14N2OS/c10-4-1-8-11-7(5-13-8)9(6-12)2-3-9/h5,12H,1-4,6,10H2. The van der Waals surface area contributed by atoms with E-state index < -0.39 is 0 Å². The Labute approximate surface area is 81.6 Å². The van der Waals surface area contributed by atoms with Crippen molar-refractivity contribution in [3.8, 4) is 0 Å². The van der Waals surface area contributed by atoms with Crippen LogP contribution in [0.4, 0.5) is 0 Å². The van der Waals surface area contributed by atoms with Crippen LogP contribution >= 0.6 is 11.3 Å². The minimum absolute atomic E-state index is 0.0172. The number of aromatic nitrogens is 1. The van der Waals surface area contributed by atoms with Gasteiger partial charge in [-0.1, -0.05) is 0 Å². The van der Waals surface area contributed by atoms with Crippen molar-refractivity contribution in [2.45, 2.75) is 24.7 Å². The Morgan fingerprint density at radius 1 is 1.62 bits per heavy atom. The molecule has 0 amide bonds. The lowest BCUT2D eigenvalue weighted by Crippen LogP contribution is -2.12. The zero-order valence-electron chi connectivity index (χ0n) is 7.49. The van der Waals surface area contributed by atoms with Crippen molar-refractivity contribution in [3.63, 3.8) is 0 Å². The summed E-state index contributed by atoms with van der Waals surface area (Å²) < 4.78 is 0. The second-order valence-corrected chi connectivity index (χ2v) is 4.55. The van der Waals surface area contributed by atoms with Gasteiger partial charge in [0.25, 0.3) is 0 Å². The Morgan fingerprint density at radius 3 is 2.92 bits per heavy atom. The first kappa shape index (κ1) is 9.12.